The maximum atomic E-state index is 2.59. The van der Waals surface area contributed by atoms with Crippen molar-refractivity contribution in [2.45, 2.75) is 24.7 Å². The SMILES string of the molecule is CN1c2ccccc2C2N(C)c3ccccc3C1N2c1ccc(N2C3c4ccccc4N(C)C2c2ccccc2N3C)cc1. The second-order valence-electron chi connectivity index (χ2n) is 12.5. The monoisotopic (exact) mass is 576 g/mol. The van der Waals surface area contributed by atoms with E-state index in [2.05, 4.69) is 179 Å². The smallest absolute Gasteiger partial charge is 0.132 e. The van der Waals surface area contributed by atoms with Crippen molar-refractivity contribution in [2.24, 2.45) is 0 Å². The number of hydrogen-bond acceptors (Lipinski definition) is 6. The Morgan fingerprint density at radius 3 is 0.795 bits per heavy atom. The standard InChI is InChI=1S/C38H36N6/c1-39-31-17-9-5-13-27(31)36-40(2)32-18-10-6-14-28(32)35(39)43(36)25-21-23-26(24-22-25)44-37-30-16-8-12-20-34(30)42(4)38(44)29-15-7-11-19-33(29)41(37)3/h5-24,35-38H,1-4H3. The number of benzene rings is 5. The van der Waals surface area contributed by atoms with Gasteiger partial charge in [0.1, 0.15) is 24.7 Å². The molecule has 0 saturated heterocycles. The molecule has 4 aliphatic rings. The highest BCUT2D eigenvalue weighted by atomic mass is 15.5. The fourth-order valence-electron chi connectivity index (χ4n) is 8.44. The van der Waals surface area contributed by atoms with Crippen LogP contribution in [-0.4, -0.2) is 28.2 Å². The van der Waals surface area contributed by atoms with Gasteiger partial charge in [-0.1, -0.05) is 72.8 Å². The van der Waals surface area contributed by atoms with Crippen molar-refractivity contribution >= 4 is 34.1 Å². The first kappa shape index (κ1) is 25.4. The van der Waals surface area contributed by atoms with Crippen molar-refractivity contribution in [3.8, 4) is 0 Å². The average Bonchev–Trinajstić information content (AvgIpc) is 3.07. The summed E-state index contributed by atoms with van der Waals surface area (Å²) in [7, 11) is 8.94. The first-order valence-electron chi connectivity index (χ1n) is 15.5. The van der Waals surface area contributed by atoms with Crippen LogP contribution in [0.5, 0.6) is 0 Å². The van der Waals surface area contributed by atoms with Gasteiger partial charge in [-0.25, -0.2) is 0 Å². The van der Waals surface area contributed by atoms with E-state index in [0.29, 0.717) is 0 Å². The highest BCUT2D eigenvalue weighted by Gasteiger charge is 2.47. The van der Waals surface area contributed by atoms with Gasteiger partial charge in [-0.2, -0.15) is 0 Å². The lowest BCUT2D eigenvalue weighted by atomic mass is 9.92. The number of fused-ring (bicyclic) bond motifs is 12. The van der Waals surface area contributed by atoms with E-state index in [-0.39, 0.29) is 24.7 Å². The summed E-state index contributed by atoms with van der Waals surface area (Å²) in [4.78, 5) is 15.0. The second kappa shape index (κ2) is 9.20. The maximum Gasteiger partial charge on any atom is 0.132 e. The summed E-state index contributed by atoms with van der Waals surface area (Å²) in [5.74, 6) is 0. The molecule has 4 unspecified atom stereocenters. The predicted molar refractivity (Wildman–Crippen MR) is 182 cm³/mol. The lowest BCUT2D eigenvalue weighted by Crippen LogP contribution is -2.55. The van der Waals surface area contributed by atoms with Crippen LogP contribution in [0.25, 0.3) is 0 Å². The zero-order valence-electron chi connectivity index (χ0n) is 25.5. The molecule has 4 atom stereocenters. The van der Waals surface area contributed by atoms with Crippen LogP contribution in [0.4, 0.5) is 34.1 Å². The van der Waals surface area contributed by atoms with E-state index in [0.717, 1.165) is 0 Å². The summed E-state index contributed by atoms with van der Waals surface area (Å²) >= 11 is 0. The van der Waals surface area contributed by atoms with Gasteiger partial charge in [0.15, 0.2) is 0 Å². The van der Waals surface area contributed by atoms with E-state index in [4.69, 9.17) is 0 Å². The van der Waals surface area contributed by atoms with Crippen molar-refractivity contribution in [1.82, 2.24) is 0 Å². The highest BCUT2D eigenvalue weighted by molar-refractivity contribution is 5.78. The molecule has 9 rings (SSSR count). The molecule has 0 aromatic heterocycles. The third kappa shape index (κ3) is 3.25. The zero-order valence-corrected chi connectivity index (χ0v) is 25.5. The highest BCUT2D eigenvalue weighted by Crippen LogP contribution is 2.56. The Morgan fingerprint density at radius 1 is 0.318 bits per heavy atom. The van der Waals surface area contributed by atoms with E-state index in [1.54, 1.807) is 0 Å². The molecule has 6 nitrogen and oxygen atoms in total. The Morgan fingerprint density at radius 2 is 0.545 bits per heavy atom. The molecule has 0 fully saturated rings. The van der Waals surface area contributed by atoms with Crippen LogP contribution in [0.3, 0.4) is 0 Å². The third-order valence-corrected chi connectivity index (χ3v) is 10.3. The summed E-state index contributed by atoms with van der Waals surface area (Å²) in [6, 6.07) is 44.8. The molecule has 4 bridgehead atoms. The summed E-state index contributed by atoms with van der Waals surface area (Å²) in [6.07, 6.45) is 0.383. The normalized spacial score (nSPS) is 22.7. The van der Waals surface area contributed by atoms with Gasteiger partial charge in [-0.05, 0) is 48.5 Å². The van der Waals surface area contributed by atoms with Gasteiger partial charge in [0.05, 0.1) is 0 Å². The van der Waals surface area contributed by atoms with Gasteiger partial charge in [-0.15, -0.1) is 0 Å². The molecular formula is C38H36N6. The summed E-state index contributed by atoms with van der Waals surface area (Å²) in [5, 5.41) is 0. The van der Waals surface area contributed by atoms with Crippen molar-refractivity contribution in [3.05, 3.63) is 144 Å². The molecule has 5 aromatic carbocycles. The molecule has 0 N–H and O–H groups in total. The number of rotatable bonds is 2. The molecule has 4 heterocycles. The third-order valence-electron chi connectivity index (χ3n) is 10.3. The molecule has 6 heteroatoms. The van der Waals surface area contributed by atoms with E-state index in [1.807, 2.05) is 0 Å². The largest absolute Gasteiger partial charge is 0.350 e. The molecule has 0 saturated carbocycles. The molecule has 5 aromatic rings. The Bertz CT molecular complexity index is 1650. The molecule has 4 aliphatic heterocycles. The molecule has 218 valence electrons. The molecule has 0 spiro atoms. The lowest BCUT2D eigenvalue weighted by molar-refractivity contribution is 0.461. The van der Waals surface area contributed by atoms with Crippen LogP contribution in [0, 0.1) is 0 Å². The van der Waals surface area contributed by atoms with Crippen LogP contribution in [0.1, 0.15) is 46.9 Å². The number of nitrogens with zero attached hydrogens (tertiary/aromatic N) is 6. The van der Waals surface area contributed by atoms with Crippen LogP contribution < -0.4 is 29.4 Å². The first-order valence-corrected chi connectivity index (χ1v) is 15.5. The zero-order chi connectivity index (χ0) is 29.7. The minimum atomic E-state index is 0.0959. The van der Waals surface area contributed by atoms with Gasteiger partial charge in [0, 0.05) is 84.6 Å². The van der Waals surface area contributed by atoms with Crippen LogP contribution >= 0.6 is 0 Å². The fraction of sp³-hybridized carbons (Fsp3) is 0.211. The summed E-state index contributed by atoms with van der Waals surface area (Å²) in [5.41, 5.74) is 12.9. The predicted octanol–water partition coefficient (Wildman–Crippen LogP) is 7.89. The van der Waals surface area contributed by atoms with E-state index in [1.165, 1.54) is 56.4 Å². The van der Waals surface area contributed by atoms with Crippen molar-refractivity contribution in [3.63, 3.8) is 0 Å². The Labute approximate surface area is 259 Å². The maximum absolute atomic E-state index is 2.59. The summed E-state index contributed by atoms with van der Waals surface area (Å²) < 4.78 is 0. The second-order valence-corrected chi connectivity index (χ2v) is 12.5. The average molecular weight is 577 g/mol. The van der Waals surface area contributed by atoms with Crippen molar-refractivity contribution in [2.75, 3.05) is 57.6 Å². The molecule has 44 heavy (non-hydrogen) atoms. The molecule has 0 radical (unpaired) electrons. The van der Waals surface area contributed by atoms with Gasteiger partial charge < -0.3 is 29.4 Å². The fourth-order valence-corrected chi connectivity index (χ4v) is 8.44. The van der Waals surface area contributed by atoms with E-state index in [9.17, 15) is 0 Å². The van der Waals surface area contributed by atoms with Crippen LogP contribution in [-0.2, 0) is 0 Å². The summed E-state index contributed by atoms with van der Waals surface area (Å²) in [6.45, 7) is 0. The minimum Gasteiger partial charge on any atom is -0.350 e. The van der Waals surface area contributed by atoms with Gasteiger partial charge in [-0.3, -0.25) is 0 Å². The number of anilines is 6. The van der Waals surface area contributed by atoms with Crippen LogP contribution in [0.2, 0.25) is 0 Å². The van der Waals surface area contributed by atoms with Gasteiger partial charge in [0.2, 0.25) is 0 Å². The Hall–Kier alpha value is -5.10. The van der Waals surface area contributed by atoms with Crippen LogP contribution in [0.15, 0.2) is 121 Å². The van der Waals surface area contributed by atoms with Gasteiger partial charge >= 0.3 is 0 Å². The molecular weight excluding hydrogens is 540 g/mol. The molecule has 0 aliphatic carbocycles. The number of para-hydroxylation sites is 4. The minimum absolute atomic E-state index is 0.0959. The topological polar surface area (TPSA) is 19.4 Å². The van der Waals surface area contributed by atoms with Crippen molar-refractivity contribution < 1.29 is 0 Å². The number of hydrogen-bond donors (Lipinski definition) is 0. The lowest BCUT2D eigenvalue weighted by Gasteiger charge is -2.57. The Kier molecular flexibility index (Phi) is 5.31. The van der Waals surface area contributed by atoms with E-state index >= 15 is 0 Å². The van der Waals surface area contributed by atoms with Gasteiger partial charge in [0.25, 0.3) is 0 Å². The van der Waals surface area contributed by atoms with E-state index < -0.39 is 0 Å². The quantitative estimate of drug-likeness (QED) is 0.211. The van der Waals surface area contributed by atoms with Crippen molar-refractivity contribution in [1.29, 1.82) is 0 Å². The molecule has 0 amide bonds. The Balaban J connectivity index is 1.18. The first-order chi connectivity index (χ1) is 21.5.